The van der Waals surface area contributed by atoms with Crippen LogP contribution in [0.1, 0.15) is 17.0 Å². The predicted molar refractivity (Wildman–Crippen MR) is 106 cm³/mol. The Kier molecular flexibility index (Phi) is 5.18. The number of carbonyl (C=O) groups is 1. The minimum Gasteiger partial charge on any atom is -0.485 e. The summed E-state index contributed by atoms with van der Waals surface area (Å²) in [5.74, 6) is 0.248. The van der Waals surface area contributed by atoms with Crippen LogP contribution in [0.2, 0.25) is 0 Å². The van der Waals surface area contributed by atoms with Crippen LogP contribution in [0.3, 0.4) is 0 Å². The van der Waals surface area contributed by atoms with Crippen LogP contribution >= 0.6 is 0 Å². The van der Waals surface area contributed by atoms with E-state index in [9.17, 15) is 18.0 Å². The van der Waals surface area contributed by atoms with Crippen molar-refractivity contribution < 1.29 is 32.2 Å². The maximum atomic E-state index is 12.7. The molecule has 0 bridgehead atoms. The standard InChI is InChI=1S/C22H17F3N2O4/c1-13-19(31-21(26-13)14-5-7-15(8-6-14)22(23,24)25)12-30-18-4-2-3-17-16(18)9-10-27(17)11-20(28)29/h2-10H,11-12H2,1H3,(H,28,29). The molecule has 0 aliphatic heterocycles. The van der Waals surface area contributed by atoms with Crippen molar-refractivity contribution in [2.75, 3.05) is 0 Å². The quantitative estimate of drug-likeness (QED) is 0.450. The molecule has 4 rings (SSSR count). The molecule has 2 aromatic heterocycles. The van der Waals surface area contributed by atoms with Crippen LogP contribution in [-0.4, -0.2) is 20.6 Å². The number of alkyl halides is 3. The summed E-state index contributed by atoms with van der Waals surface area (Å²) in [6.07, 6.45) is -2.73. The van der Waals surface area contributed by atoms with Gasteiger partial charge >= 0.3 is 12.1 Å². The number of benzene rings is 2. The van der Waals surface area contributed by atoms with Gasteiger partial charge in [0.25, 0.3) is 0 Å². The maximum absolute atomic E-state index is 12.7. The van der Waals surface area contributed by atoms with Gasteiger partial charge in [0, 0.05) is 17.1 Å². The Labute approximate surface area is 174 Å². The molecule has 0 aliphatic carbocycles. The molecule has 0 saturated heterocycles. The Morgan fingerprint density at radius 3 is 2.58 bits per heavy atom. The number of carboxylic acids is 1. The van der Waals surface area contributed by atoms with Crippen molar-refractivity contribution >= 4 is 16.9 Å². The van der Waals surface area contributed by atoms with Crippen LogP contribution < -0.4 is 4.74 Å². The van der Waals surface area contributed by atoms with Crippen molar-refractivity contribution in [2.24, 2.45) is 0 Å². The number of ether oxygens (including phenoxy) is 1. The summed E-state index contributed by atoms with van der Waals surface area (Å²) in [6, 6.07) is 11.7. The zero-order valence-corrected chi connectivity index (χ0v) is 16.3. The van der Waals surface area contributed by atoms with Crippen LogP contribution in [-0.2, 0) is 24.1 Å². The average molecular weight is 430 g/mol. The van der Waals surface area contributed by atoms with E-state index in [1.807, 2.05) is 0 Å². The molecule has 0 atom stereocenters. The van der Waals surface area contributed by atoms with Crippen LogP contribution in [0.15, 0.2) is 59.1 Å². The van der Waals surface area contributed by atoms with Crippen molar-refractivity contribution in [3.8, 4) is 17.2 Å². The van der Waals surface area contributed by atoms with E-state index in [0.717, 1.165) is 23.0 Å². The van der Waals surface area contributed by atoms with E-state index in [-0.39, 0.29) is 19.0 Å². The van der Waals surface area contributed by atoms with Crippen molar-refractivity contribution in [1.29, 1.82) is 0 Å². The lowest BCUT2D eigenvalue weighted by Crippen LogP contribution is -2.07. The maximum Gasteiger partial charge on any atom is 0.416 e. The highest BCUT2D eigenvalue weighted by atomic mass is 19.4. The molecule has 6 nitrogen and oxygen atoms in total. The van der Waals surface area contributed by atoms with Crippen molar-refractivity contribution in [1.82, 2.24) is 9.55 Å². The molecular formula is C22H17F3N2O4. The Balaban J connectivity index is 1.53. The minimum absolute atomic E-state index is 0.0582. The molecule has 9 heteroatoms. The van der Waals surface area contributed by atoms with Crippen molar-refractivity contribution in [3.05, 3.63) is 71.7 Å². The van der Waals surface area contributed by atoms with Gasteiger partial charge in [-0.3, -0.25) is 4.79 Å². The summed E-state index contributed by atoms with van der Waals surface area (Å²) in [4.78, 5) is 15.3. The van der Waals surface area contributed by atoms with E-state index in [0.29, 0.717) is 22.8 Å². The Morgan fingerprint density at radius 2 is 1.90 bits per heavy atom. The second-order valence-corrected chi connectivity index (χ2v) is 6.92. The fourth-order valence-electron chi connectivity index (χ4n) is 3.24. The third-order valence-electron chi connectivity index (χ3n) is 4.79. The van der Waals surface area contributed by atoms with Gasteiger partial charge in [0.2, 0.25) is 5.89 Å². The SMILES string of the molecule is Cc1nc(-c2ccc(C(F)(F)F)cc2)oc1COc1cccc2c1ccn2CC(=O)O. The van der Waals surface area contributed by atoms with Gasteiger partial charge < -0.3 is 18.8 Å². The lowest BCUT2D eigenvalue weighted by atomic mass is 10.1. The third kappa shape index (κ3) is 4.25. The molecular weight excluding hydrogens is 413 g/mol. The van der Waals surface area contributed by atoms with E-state index < -0.39 is 17.7 Å². The summed E-state index contributed by atoms with van der Waals surface area (Å²) in [6.45, 7) is 1.62. The number of aryl methyl sites for hydroxylation is 1. The largest absolute Gasteiger partial charge is 0.485 e. The van der Waals surface area contributed by atoms with Gasteiger partial charge in [-0.2, -0.15) is 13.2 Å². The van der Waals surface area contributed by atoms with Crippen molar-refractivity contribution in [2.45, 2.75) is 26.3 Å². The first-order valence-electron chi connectivity index (χ1n) is 9.29. The Hall–Kier alpha value is -3.75. The van der Waals surface area contributed by atoms with Gasteiger partial charge in [0.15, 0.2) is 5.76 Å². The fraction of sp³-hybridized carbons (Fsp3) is 0.182. The van der Waals surface area contributed by atoms with Gasteiger partial charge in [0.1, 0.15) is 18.9 Å². The number of carboxylic acid groups (broad SMARTS) is 1. The van der Waals surface area contributed by atoms with Crippen LogP contribution in [0.25, 0.3) is 22.4 Å². The third-order valence-corrected chi connectivity index (χ3v) is 4.79. The number of aliphatic carboxylic acids is 1. The van der Waals surface area contributed by atoms with Gasteiger partial charge in [-0.15, -0.1) is 0 Å². The van der Waals surface area contributed by atoms with Crippen LogP contribution in [0.4, 0.5) is 13.2 Å². The summed E-state index contributed by atoms with van der Waals surface area (Å²) in [7, 11) is 0. The molecule has 0 radical (unpaired) electrons. The monoisotopic (exact) mass is 430 g/mol. The zero-order valence-electron chi connectivity index (χ0n) is 16.3. The highest BCUT2D eigenvalue weighted by molar-refractivity contribution is 5.87. The number of fused-ring (bicyclic) bond motifs is 1. The van der Waals surface area contributed by atoms with Gasteiger partial charge in [-0.05, 0) is 49.4 Å². The zero-order chi connectivity index (χ0) is 22.2. The molecule has 4 aromatic rings. The molecule has 0 saturated carbocycles. The van der Waals surface area contributed by atoms with E-state index in [2.05, 4.69) is 4.98 Å². The number of aromatic nitrogens is 2. The lowest BCUT2D eigenvalue weighted by molar-refractivity contribution is -0.138. The summed E-state index contributed by atoms with van der Waals surface area (Å²) >= 11 is 0. The van der Waals surface area contributed by atoms with Crippen LogP contribution in [0.5, 0.6) is 5.75 Å². The molecule has 1 N–H and O–H groups in total. The van der Waals surface area contributed by atoms with Gasteiger partial charge in [0.05, 0.1) is 16.8 Å². The Morgan fingerprint density at radius 1 is 1.16 bits per heavy atom. The second kappa shape index (κ2) is 7.82. The number of rotatable bonds is 6. The Bertz CT molecular complexity index is 1240. The number of halogens is 3. The highest BCUT2D eigenvalue weighted by Crippen LogP contribution is 2.32. The summed E-state index contributed by atoms with van der Waals surface area (Å²) in [5.41, 5.74) is 0.964. The molecule has 0 fully saturated rings. The van der Waals surface area contributed by atoms with E-state index in [4.69, 9.17) is 14.3 Å². The molecule has 31 heavy (non-hydrogen) atoms. The fourth-order valence-corrected chi connectivity index (χ4v) is 3.24. The normalized spacial score (nSPS) is 11.7. The average Bonchev–Trinajstić information content (AvgIpc) is 3.29. The minimum atomic E-state index is -4.41. The molecule has 2 aromatic carbocycles. The van der Waals surface area contributed by atoms with Gasteiger partial charge in [-0.1, -0.05) is 6.07 Å². The molecule has 0 aliphatic rings. The predicted octanol–water partition coefficient (Wildman–Crippen LogP) is 5.29. The molecule has 2 heterocycles. The van der Waals surface area contributed by atoms with E-state index in [1.165, 1.54) is 12.1 Å². The molecule has 0 spiro atoms. The lowest BCUT2D eigenvalue weighted by Gasteiger charge is -2.07. The molecule has 0 unspecified atom stereocenters. The smallest absolute Gasteiger partial charge is 0.416 e. The first-order valence-corrected chi connectivity index (χ1v) is 9.29. The first-order chi connectivity index (χ1) is 14.7. The molecule has 0 amide bonds. The second-order valence-electron chi connectivity index (χ2n) is 6.92. The highest BCUT2D eigenvalue weighted by Gasteiger charge is 2.30. The topological polar surface area (TPSA) is 77.5 Å². The number of hydrogen-bond donors (Lipinski definition) is 1. The van der Waals surface area contributed by atoms with Gasteiger partial charge in [-0.25, -0.2) is 4.98 Å². The summed E-state index contributed by atoms with van der Waals surface area (Å²) < 4.78 is 51.4. The van der Waals surface area contributed by atoms with E-state index >= 15 is 0 Å². The molecule has 160 valence electrons. The van der Waals surface area contributed by atoms with Crippen molar-refractivity contribution in [3.63, 3.8) is 0 Å². The van der Waals surface area contributed by atoms with E-state index in [1.54, 1.807) is 42.0 Å². The first kappa shape index (κ1) is 20.5. The van der Waals surface area contributed by atoms with Crippen LogP contribution in [0, 0.1) is 6.92 Å². The summed E-state index contributed by atoms with van der Waals surface area (Å²) in [5, 5.41) is 9.77. The number of oxazole rings is 1. The number of hydrogen-bond acceptors (Lipinski definition) is 4. The number of nitrogens with zero attached hydrogens (tertiary/aromatic N) is 2.